The van der Waals surface area contributed by atoms with Gasteiger partial charge in [-0.15, -0.1) is 0 Å². The number of hydrogen-bond donors (Lipinski definition) is 0. The average molecular weight is 394 g/mol. The van der Waals surface area contributed by atoms with Gasteiger partial charge in [0.05, 0.1) is 12.1 Å². The summed E-state index contributed by atoms with van der Waals surface area (Å²) in [5, 5.41) is 1.78. The van der Waals surface area contributed by atoms with Gasteiger partial charge in [-0.3, -0.25) is 9.80 Å². The van der Waals surface area contributed by atoms with Crippen LogP contribution in [0.3, 0.4) is 0 Å². The van der Waals surface area contributed by atoms with Gasteiger partial charge in [-0.2, -0.15) is 0 Å². The summed E-state index contributed by atoms with van der Waals surface area (Å²) in [6.45, 7) is 6.95. The van der Waals surface area contributed by atoms with Gasteiger partial charge in [-0.25, -0.2) is 4.98 Å². The lowest BCUT2D eigenvalue weighted by atomic mass is 10.1. The fourth-order valence-corrected chi connectivity index (χ4v) is 4.40. The standard InChI is InChI=1S/C23H24ClN3O/c24-23-20(14-18-3-1-2-4-21(18)25-23)16-27-10-8-26(9-11-27)15-17-5-6-22-19(13-17)7-12-28-22/h1-6,13-14H,7-12,15-16H2. The third-order valence-electron chi connectivity index (χ3n) is 5.77. The summed E-state index contributed by atoms with van der Waals surface area (Å²) < 4.78 is 5.61. The van der Waals surface area contributed by atoms with Crippen molar-refractivity contribution in [2.75, 3.05) is 32.8 Å². The van der Waals surface area contributed by atoms with E-state index in [9.17, 15) is 0 Å². The molecule has 0 unspecified atom stereocenters. The van der Waals surface area contributed by atoms with Crippen LogP contribution in [-0.2, 0) is 19.5 Å². The molecular weight excluding hydrogens is 370 g/mol. The highest BCUT2D eigenvalue weighted by Gasteiger charge is 2.19. The Balaban J connectivity index is 1.20. The average Bonchev–Trinajstić information content (AvgIpc) is 3.18. The summed E-state index contributed by atoms with van der Waals surface area (Å²) >= 11 is 6.45. The first-order chi connectivity index (χ1) is 13.7. The lowest BCUT2D eigenvalue weighted by Gasteiger charge is -2.34. The number of ether oxygens (including phenoxy) is 1. The van der Waals surface area contributed by atoms with Gasteiger partial charge in [0.1, 0.15) is 10.9 Å². The molecule has 2 aliphatic heterocycles. The van der Waals surface area contributed by atoms with Crippen LogP contribution in [0.1, 0.15) is 16.7 Å². The van der Waals surface area contributed by atoms with Gasteiger partial charge >= 0.3 is 0 Å². The highest BCUT2D eigenvalue weighted by atomic mass is 35.5. The van der Waals surface area contributed by atoms with E-state index in [-0.39, 0.29) is 0 Å². The SMILES string of the molecule is Clc1nc2ccccc2cc1CN1CCN(Cc2ccc3c(c2)CCO3)CC1. The Bertz CT molecular complexity index is 998. The number of aromatic nitrogens is 1. The molecule has 1 aromatic heterocycles. The molecule has 28 heavy (non-hydrogen) atoms. The molecule has 2 aromatic carbocycles. The van der Waals surface area contributed by atoms with Crippen molar-refractivity contribution in [3.63, 3.8) is 0 Å². The zero-order chi connectivity index (χ0) is 18.9. The van der Waals surface area contributed by atoms with E-state index in [1.807, 2.05) is 18.2 Å². The first kappa shape index (κ1) is 17.9. The topological polar surface area (TPSA) is 28.6 Å². The van der Waals surface area contributed by atoms with Crippen molar-refractivity contribution in [2.24, 2.45) is 0 Å². The van der Waals surface area contributed by atoms with E-state index in [0.717, 1.165) is 74.5 Å². The van der Waals surface area contributed by atoms with Gasteiger partial charge in [-0.05, 0) is 29.3 Å². The maximum atomic E-state index is 6.45. The van der Waals surface area contributed by atoms with E-state index < -0.39 is 0 Å². The van der Waals surface area contributed by atoms with E-state index >= 15 is 0 Å². The molecule has 144 valence electrons. The summed E-state index contributed by atoms with van der Waals surface area (Å²) in [5.74, 6) is 1.06. The minimum Gasteiger partial charge on any atom is -0.493 e. The second kappa shape index (κ2) is 7.70. The van der Waals surface area contributed by atoms with Gasteiger partial charge in [-0.1, -0.05) is 41.9 Å². The predicted molar refractivity (Wildman–Crippen MR) is 113 cm³/mol. The fraction of sp³-hybridized carbons (Fsp3) is 0.348. The zero-order valence-corrected chi connectivity index (χ0v) is 16.7. The molecule has 0 atom stereocenters. The Morgan fingerprint density at radius 3 is 2.57 bits per heavy atom. The third kappa shape index (κ3) is 3.72. The molecule has 3 heterocycles. The molecule has 0 N–H and O–H groups in total. The number of fused-ring (bicyclic) bond motifs is 2. The van der Waals surface area contributed by atoms with Gasteiger partial charge in [0, 0.05) is 56.6 Å². The van der Waals surface area contributed by atoms with Crippen molar-refractivity contribution in [3.8, 4) is 5.75 Å². The molecule has 0 saturated carbocycles. The third-order valence-corrected chi connectivity index (χ3v) is 6.10. The monoisotopic (exact) mass is 393 g/mol. The summed E-state index contributed by atoms with van der Waals surface area (Å²) in [7, 11) is 0. The van der Waals surface area contributed by atoms with Crippen molar-refractivity contribution < 1.29 is 4.74 Å². The van der Waals surface area contributed by atoms with Crippen LogP contribution in [0.2, 0.25) is 5.15 Å². The Labute approximate surface area is 170 Å². The second-order valence-electron chi connectivity index (χ2n) is 7.72. The number of benzene rings is 2. The smallest absolute Gasteiger partial charge is 0.134 e. The normalized spacial score (nSPS) is 17.6. The first-order valence-electron chi connectivity index (χ1n) is 9.98. The zero-order valence-electron chi connectivity index (χ0n) is 15.9. The van der Waals surface area contributed by atoms with Crippen LogP contribution in [-0.4, -0.2) is 47.6 Å². The summed E-state index contributed by atoms with van der Waals surface area (Å²) in [5.41, 5.74) is 4.82. The van der Waals surface area contributed by atoms with Gasteiger partial charge in [0.15, 0.2) is 0 Å². The van der Waals surface area contributed by atoms with E-state index in [1.54, 1.807) is 0 Å². The summed E-state index contributed by atoms with van der Waals surface area (Å²) in [4.78, 5) is 9.57. The molecule has 0 spiro atoms. The van der Waals surface area contributed by atoms with Gasteiger partial charge in [0.25, 0.3) is 0 Å². The highest BCUT2D eigenvalue weighted by molar-refractivity contribution is 6.30. The predicted octanol–water partition coefficient (Wildman–Crippen LogP) is 4.14. The van der Waals surface area contributed by atoms with E-state index in [1.165, 1.54) is 11.1 Å². The lowest BCUT2D eigenvalue weighted by molar-refractivity contribution is 0.122. The number of para-hydroxylation sites is 1. The fourth-order valence-electron chi connectivity index (χ4n) is 4.19. The first-order valence-corrected chi connectivity index (χ1v) is 10.4. The number of halogens is 1. The van der Waals surface area contributed by atoms with Crippen LogP contribution < -0.4 is 4.74 Å². The number of nitrogens with zero attached hydrogens (tertiary/aromatic N) is 3. The molecule has 0 radical (unpaired) electrons. The van der Waals surface area contributed by atoms with Crippen molar-refractivity contribution in [3.05, 3.63) is 70.4 Å². The van der Waals surface area contributed by atoms with Crippen LogP contribution in [0, 0.1) is 0 Å². The minimum absolute atomic E-state index is 0.626. The molecule has 4 nitrogen and oxygen atoms in total. The molecule has 0 aliphatic carbocycles. The Morgan fingerprint density at radius 1 is 0.929 bits per heavy atom. The number of piperazine rings is 1. The largest absolute Gasteiger partial charge is 0.493 e. The lowest BCUT2D eigenvalue weighted by Crippen LogP contribution is -2.45. The Kier molecular flexibility index (Phi) is 4.93. The Morgan fingerprint density at radius 2 is 1.71 bits per heavy atom. The molecule has 5 rings (SSSR count). The van der Waals surface area contributed by atoms with Crippen LogP contribution in [0.25, 0.3) is 10.9 Å². The molecule has 0 amide bonds. The number of hydrogen-bond acceptors (Lipinski definition) is 4. The number of rotatable bonds is 4. The van der Waals surface area contributed by atoms with Crippen LogP contribution in [0.15, 0.2) is 48.5 Å². The van der Waals surface area contributed by atoms with Crippen molar-refractivity contribution in [1.29, 1.82) is 0 Å². The molecular formula is C23H24ClN3O. The number of pyridine rings is 1. The van der Waals surface area contributed by atoms with E-state index in [0.29, 0.717) is 5.15 Å². The van der Waals surface area contributed by atoms with Crippen molar-refractivity contribution in [1.82, 2.24) is 14.8 Å². The van der Waals surface area contributed by atoms with Crippen LogP contribution in [0.5, 0.6) is 5.75 Å². The highest BCUT2D eigenvalue weighted by Crippen LogP contribution is 2.27. The summed E-state index contributed by atoms with van der Waals surface area (Å²) in [6.07, 6.45) is 1.04. The molecule has 5 heteroatoms. The molecule has 3 aromatic rings. The van der Waals surface area contributed by atoms with E-state index in [4.69, 9.17) is 16.3 Å². The second-order valence-corrected chi connectivity index (χ2v) is 8.08. The van der Waals surface area contributed by atoms with Crippen molar-refractivity contribution in [2.45, 2.75) is 19.5 Å². The molecule has 0 bridgehead atoms. The molecule has 1 saturated heterocycles. The summed E-state index contributed by atoms with van der Waals surface area (Å²) in [6, 6.07) is 17.0. The maximum absolute atomic E-state index is 6.45. The quantitative estimate of drug-likeness (QED) is 0.623. The molecule has 1 fully saturated rings. The van der Waals surface area contributed by atoms with E-state index in [2.05, 4.69) is 45.1 Å². The van der Waals surface area contributed by atoms with Gasteiger partial charge < -0.3 is 4.74 Å². The van der Waals surface area contributed by atoms with Crippen LogP contribution in [0.4, 0.5) is 0 Å². The van der Waals surface area contributed by atoms with Crippen LogP contribution >= 0.6 is 11.6 Å². The molecule has 2 aliphatic rings. The van der Waals surface area contributed by atoms with Crippen molar-refractivity contribution >= 4 is 22.5 Å². The Hall–Kier alpha value is -2.14. The maximum Gasteiger partial charge on any atom is 0.134 e. The van der Waals surface area contributed by atoms with Gasteiger partial charge in [0.2, 0.25) is 0 Å². The minimum atomic E-state index is 0.626.